The number of fused-ring (bicyclic) bond motifs is 4. The molecule has 16 rings (SSSR count). The summed E-state index contributed by atoms with van der Waals surface area (Å²) in [4.78, 5) is 67.2. The summed E-state index contributed by atoms with van der Waals surface area (Å²) in [6.07, 6.45) is 0. The number of H-pyrrole nitrogens is 4. The standard InChI is InChI=1S/2C32H18Cl2N2O7S.2Na/c2*33-16-8-12-24-22(14-16)35-20-10-11-21(29-28(20)30(37)18-4-1-2-5-19(18)31(29)38)36-23-15-17(34)9-13-25(23)43-32-26(42-24)6-3-7-27(32)44(39,40)41;;/h2*1-15,35-36H,(H,39,40,41);;/q;;2*+1/p-2. The van der Waals surface area contributed by atoms with E-state index >= 15 is 0 Å². The van der Waals surface area contributed by atoms with Gasteiger partial charge in [0.25, 0.3) is 0 Å². The zero-order valence-electron chi connectivity index (χ0n) is 46.4. The van der Waals surface area contributed by atoms with Crippen molar-refractivity contribution in [1.29, 1.82) is 0 Å². The molecule has 4 bridgehead atoms. The van der Waals surface area contributed by atoms with Crippen LogP contribution in [0.25, 0.3) is 132 Å². The van der Waals surface area contributed by atoms with Crippen molar-refractivity contribution in [3.63, 3.8) is 0 Å². The average Bonchev–Trinajstić information content (AvgIpc) is 0.756. The summed E-state index contributed by atoms with van der Waals surface area (Å²) in [5.74, 6) is 0. The fraction of sp³-hybridized carbons (Fsp3) is 0. The van der Waals surface area contributed by atoms with Gasteiger partial charge in [-0.3, -0.25) is 19.2 Å². The zero-order chi connectivity index (χ0) is 61.5. The predicted molar refractivity (Wildman–Crippen MR) is 341 cm³/mol. The van der Waals surface area contributed by atoms with Crippen molar-refractivity contribution in [2.45, 2.75) is 9.79 Å². The Morgan fingerprint density at radius 3 is 0.811 bits per heavy atom. The fourth-order valence-electron chi connectivity index (χ4n) is 10.4. The molecule has 0 saturated carbocycles. The molecule has 0 unspecified atom stereocenters. The molecule has 0 aliphatic rings. The minimum absolute atomic E-state index is 0. The van der Waals surface area contributed by atoms with Crippen LogP contribution in [0.15, 0.2) is 229 Å². The van der Waals surface area contributed by atoms with Gasteiger partial charge in [-0.15, -0.1) is 0 Å². The molecule has 436 valence electrons. The molecule has 16 aromatic rings. The summed E-state index contributed by atoms with van der Waals surface area (Å²) in [6.45, 7) is 0. The number of hydrogen-bond donors (Lipinski definition) is 4. The number of aromatic amines is 4. The first kappa shape index (κ1) is 63.8. The molecule has 0 radical (unpaired) electrons. The van der Waals surface area contributed by atoms with Crippen LogP contribution >= 0.6 is 46.4 Å². The third-order valence-electron chi connectivity index (χ3n) is 14.3. The van der Waals surface area contributed by atoms with Crippen molar-refractivity contribution >= 4 is 199 Å². The van der Waals surface area contributed by atoms with E-state index < -0.39 is 40.9 Å². The van der Waals surface area contributed by atoms with E-state index in [9.17, 15) is 45.1 Å². The van der Waals surface area contributed by atoms with Crippen molar-refractivity contribution in [3.8, 4) is 0 Å². The van der Waals surface area contributed by atoms with Gasteiger partial charge in [0.1, 0.15) is 30.0 Å². The van der Waals surface area contributed by atoms with E-state index in [2.05, 4.69) is 19.9 Å². The summed E-state index contributed by atoms with van der Waals surface area (Å²) >= 11 is 25.3. The maximum atomic E-state index is 14.0. The number of para-hydroxylation sites is 2. The third kappa shape index (κ3) is 12.1. The number of benzene rings is 12. The van der Waals surface area contributed by atoms with Crippen LogP contribution in [0.2, 0.25) is 20.1 Å². The molecule has 0 saturated heterocycles. The Bertz CT molecular complexity index is 5840. The Labute approximate surface area is 568 Å². The molecule has 0 aliphatic heterocycles. The smallest absolute Gasteiger partial charge is 0.744 e. The molecule has 18 nitrogen and oxygen atoms in total. The Morgan fingerprint density at radius 2 is 0.556 bits per heavy atom. The van der Waals surface area contributed by atoms with Crippen LogP contribution in [0.3, 0.4) is 0 Å². The molecule has 0 fully saturated rings. The Morgan fingerprint density at radius 1 is 0.300 bits per heavy atom. The van der Waals surface area contributed by atoms with Gasteiger partial charge in [-0.2, -0.15) is 0 Å². The van der Waals surface area contributed by atoms with Crippen molar-refractivity contribution < 1.29 is 103 Å². The maximum Gasteiger partial charge on any atom is 1.00 e. The molecule has 4 N–H and O–H groups in total. The molecule has 4 aromatic heterocycles. The molecule has 0 aliphatic carbocycles. The molecule has 90 heavy (non-hydrogen) atoms. The monoisotopic (exact) mass is 1330 g/mol. The molecule has 0 amide bonds. The number of rotatable bonds is 2. The summed E-state index contributed by atoms with van der Waals surface area (Å²) in [6, 6.07) is 45.5. The molecule has 26 heteroatoms. The van der Waals surface area contributed by atoms with Gasteiger partial charge < -0.3 is 46.7 Å². The second-order valence-electron chi connectivity index (χ2n) is 19.8. The van der Waals surface area contributed by atoms with Crippen LogP contribution in [0.5, 0.6) is 0 Å². The van der Waals surface area contributed by atoms with Crippen LogP contribution in [-0.4, -0.2) is 45.9 Å². The average molecular weight is 1330 g/mol. The minimum Gasteiger partial charge on any atom is -0.744 e. The SMILES string of the molecule is O=c1c2ccccc2c(=O)c2c3ccc([nH]c4cc(Cl)ccc4oc4cccc(S(=O)(=O)[O-])c4oc4ccc(Cl)cc4[nH]3)c12.O=c1c2ccccc2c(=O)c2c3ccc([nH]c4cc(Cl)ccc4oc4cccc(S(=O)(=O)[O-])c4oc4ccc(Cl)cc4[nH]3)c12.[Na+].[Na+]. The first-order valence-electron chi connectivity index (χ1n) is 26.0. The number of hydrogen-bond acceptors (Lipinski definition) is 14. The summed E-state index contributed by atoms with van der Waals surface area (Å²) in [5.41, 5.74) is 0.0148. The van der Waals surface area contributed by atoms with E-state index in [1.54, 1.807) is 84.9 Å². The molecule has 0 atom stereocenters. The van der Waals surface area contributed by atoms with E-state index in [0.717, 1.165) is 12.1 Å². The summed E-state index contributed by atoms with van der Waals surface area (Å²) in [5, 5.41) is 2.60. The van der Waals surface area contributed by atoms with Gasteiger partial charge in [-0.25, -0.2) is 16.8 Å². The summed E-state index contributed by atoms with van der Waals surface area (Å²) in [7, 11) is -10.1. The predicted octanol–water partition coefficient (Wildman–Crippen LogP) is 9.26. The van der Waals surface area contributed by atoms with Gasteiger partial charge in [-0.05, 0) is 121 Å². The van der Waals surface area contributed by atoms with Gasteiger partial charge in [0.05, 0.1) is 65.7 Å². The maximum absolute atomic E-state index is 14.0. The van der Waals surface area contributed by atoms with Crippen molar-refractivity contribution in [2.24, 2.45) is 0 Å². The van der Waals surface area contributed by atoms with Crippen LogP contribution in [-0.2, 0) is 20.2 Å². The molecule has 12 aromatic carbocycles. The fourth-order valence-corrected chi connectivity index (χ4v) is 12.3. The second-order valence-corrected chi connectivity index (χ2v) is 24.2. The van der Waals surface area contributed by atoms with Crippen molar-refractivity contribution in [2.75, 3.05) is 0 Å². The van der Waals surface area contributed by atoms with E-state index in [1.807, 2.05) is 0 Å². The van der Waals surface area contributed by atoms with E-state index in [1.165, 1.54) is 84.9 Å². The zero-order valence-corrected chi connectivity index (χ0v) is 55.0. The number of halogens is 4. The van der Waals surface area contributed by atoms with E-state index in [4.69, 9.17) is 64.1 Å². The molecule has 0 spiro atoms. The minimum atomic E-state index is -5.03. The molecular formula is C64H34Cl4N4Na2O14S2. The van der Waals surface area contributed by atoms with Gasteiger partial charge >= 0.3 is 59.1 Å². The van der Waals surface area contributed by atoms with Gasteiger partial charge in [0, 0.05) is 41.6 Å². The first-order valence-corrected chi connectivity index (χ1v) is 30.4. The third-order valence-corrected chi connectivity index (χ3v) is 16.9. The van der Waals surface area contributed by atoms with E-state index in [-0.39, 0.29) is 201 Å². The molecule has 4 heterocycles. The Balaban J connectivity index is 0.000000181. The largest absolute Gasteiger partial charge is 1.00 e. The second kappa shape index (κ2) is 25.2. The number of aromatic nitrogens is 4. The topological polar surface area (TPSA) is 298 Å². The van der Waals surface area contributed by atoms with Crippen LogP contribution in [0, 0.1) is 0 Å². The number of nitrogens with one attached hydrogen (secondary N) is 4. The normalized spacial score (nSPS) is 11.6. The molecular weight excluding hydrogens is 1300 g/mol. The quantitative estimate of drug-likeness (QED) is 0.0712. The van der Waals surface area contributed by atoms with Gasteiger partial charge in [-0.1, -0.05) is 107 Å². The van der Waals surface area contributed by atoms with Crippen molar-refractivity contribution in [1.82, 2.24) is 19.9 Å². The first-order chi connectivity index (χ1) is 42.2. The van der Waals surface area contributed by atoms with Gasteiger partial charge in [0.15, 0.2) is 66.4 Å². The van der Waals surface area contributed by atoms with Crippen molar-refractivity contribution in [3.05, 3.63) is 243 Å². The Hall–Kier alpha value is -7.74. The van der Waals surface area contributed by atoms with Crippen LogP contribution in [0.1, 0.15) is 0 Å². The Kier molecular flexibility index (Phi) is 17.8. The van der Waals surface area contributed by atoms with Crippen LogP contribution in [0.4, 0.5) is 0 Å². The van der Waals surface area contributed by atoms with Gasteiger partial charge in [0.2, 0.25) is 0 Å². The summed E-state index contributed by atoms with van der Waals surface area (Å²) < 4.78 is 98.4. The van der Waals surface area contributed by atoms with Crippen LogP contribution < -0.4 is 80.8 Å². The van der Waals surface area contributed by atoms with E-state index in [0.29, 0.717) is 21.1 Å².